The number of nitrogens with zero attached hydrogens (tertiary/aromatic N) is 1. The van der Waals surface area contributed by atoms with Crippen LogP contribution in [-0.4, -0.2) is 34.9 Å². The van der Waals surface area contributed by atoms with Gasteiger partial charge in [0.1, 0.15) is 0 Å². The Kier molecular flexibility index (Phi) is 3.62. The van der Waals surface area contributed by atoms with Crippen LogP contribution in [0.1, 0.15) is 22.8 Å². The molecule has 1 aliphatic heterocycles. The lowest BCUT2D eigenvalue weighted by atomic mass is 10.1. The van der Waals surface area contributed by atoms with E-state index in [-0.39, 0.29) is 5.91 Å². The lowest BCUT2D eigenvalue weighted by Gasteiger charge is -2.33. The van der Waals surface area contributed by atoms with Crippen LogP contribution < -0.4 is 5.73 Å². The van der Waals surface area contributed by atoms with Gasteiger partial charge < -0.3 is 10.6 Å². The number of rotatable bonds is 1. The highest BCUT2D eigenvalue weighted by atomic mass is 32.2. The molecule has 0 radical (unpaired) electrons. The van der Waals surface area contributed by atoms with Gasteiger partial charge in [0.05, 0.1) is 0 Å². The molecule has 92 valence electrons. The van der Waals surface area contributed by atoms with E-state index in [0.29, 0.717) is 6.04 Å². The minimum atomic E-state index is 0.126. The second-order valence-electron chi connectivity index (χ2n) is 4.49. The van der Waals surface area contributed by atoms with Gasteiger partial charge in [-0.3, -0.25) is 4.79 Å². The molecule has 0 aliphatic carbocycles. The number of hydrogen-bond donors (Lipinski definition) is 1. The number of benzene rings is 1. The number of aryl methyl sites for hydroxylation is 1. The summed E-state index contributed by atoms with van der Waals surface area (Å²) >= 11 is 1.91. The fourth-order valence-electron chi connectivity index (χ4n) is 2.00. The molecule has 2 N–H and O–H groups in total. The first-order valence-electron chi connectivity index (χ1n) is 5.84. The number of anilines is 1. The molecular weight excluding hydrogens is 232 g/mol. The summed E-state index contributed by atoms with van der Waals surface area (Å²) in [4.78, 5) is 14.3. The number of thioether (sulfide) groups is 1. The van der Waals surface area contributed by atoms with E-state index < -0.39 is 0 Å². The number of nitrogens with two attached hydrogens (primary N) is 1. The number of amides is 1. The Hall–Kier alpha value is -1.16. The van der Waals surface area contributed by atoms with Gasteiger partial charge in [-0.2, -0.15) is 11.8 Å². The van der Waals surface area contributed by atoms with Crippen LogP contribution in [0.5, 0.6) is 0 Å². The van der Waals surface area contributed by atoms with Gasteiger partial charge in [0.2, 0.25) is 0 Å². The van der Waals surface area contributed by atoms with Crippen LogP contribution in [0.4, 0.5) is 5.69 Å². The maximum absolute atomic E-state index is 12.3. The van der Waals surface area contributed by atoms with Crippen molar-refractivity contribution in [2.45, 2.75) is 19.9 Å². The summed E-state index contributed by atoms with van der Waals surface area (Å²) in [6.45, 7) is 4.88. The SMILES string of the molecule is Cc1cc(C(=O)N2CCSCC2C)ccc1N. The number of carbonyl (C=O) groups is 1. The zero-order chi connectivity index (χ0) is 12.4. The zero-order valence-corrected chi connectivity index (χ0v) is 11.1. The Morgan fingerprint density at radius 3 is 2.94 bits per heavy atom. The van der Waals surface area contributed by atoms with Gasteiger partial charge in [-0.15, -0.1) is 0 Å². The molecule has 1 fully saturated rings. The minimum absolute atomic E-state index is 0.126. The molecule has 3 nitrogen and oxygen atoms in total. The maximum Gasteiger partial charge on any atom is 0.254 e. The fourth-order valence-corrected chi connectivity index (χ4v) is 3.02. The van der Waals surface area contributed by atoms with E-state index >= 15 is 0 Å². The second-order valence-corrected chi connectivity index (χ2v) is 5.64. The Balaban J connectivity index is 2.21. The van der Waals surface area contributed by atoms with Crippen LogP contribution in [0, 0.1) is 6.92 Å². The molecule has 1 aromatic rings. The summed E-state index contributed by atoms with van der Waals surface area (Å²) in [6, 6.07) is 5.83. The molecule has 1 aromatic carbocycles. The van der Waals surface area contributed by atoms with Crippen LogP contribution in [0.3, 0.4) is 0 Å². The first kappa shape index (κ1) is 12.3. The molecule has 4 heteroatoms. The highest BCUT2D eigenvalue weighted by Gasteiger charge is 2.24. The van der Waals surface area contributed by atoms with Gasteiger partial charge in [0.15, 0.2) is 0 Å². The van der Waals surface area contributed by atoms with E-state index in [2.05, 4.69) is 6.92 Å². The average molecular weight is 250 g/mol. The molecule has 17 heavy (non-hydrogen) atoms. The fraction of sp³-hybridized carbons (Fsp3) is 0.462. The predicted molar refractivity (Wildman–Crippen MR) is 73.4 cm³/mol. The first-order chi connectivity index (χ1) is 8.09. The summed E-state index contributed by atoms with van der Waals surface area (Å²) in [6.07, 6.45) is 0. The van der Waals surface area contributed by atoms with Crippen LogP contribution >= 0.6 is 11.8 Å². The van der Waals surface area contributed by atoms with Crippen molar-refractivity contribution in [3.63, 3.8) is 0 Å². The summed E-state index contributed by atoms with van der Waals surface area (Å²) in [5, 5.41) is 0. The lowest BCUT2D eigenvalue weighted by molar-refractivity contribution is 0.0716. The standard InChI is InChI=1S/C13H18N2OS/c1-9-7-11(3-4-12(9)14)13(16)15-5-6-17-8-10(15)2/h3-4,7,10H,5-6,8,14H2,1-2H3. The molecule has 1 aliphatic rings. The normalized spacial score (nSPS) is 20.4. The van der Waals surface area contributed by atoms with E-state index in [1.54, 1.807) is 0 Å². The predicted octanol–water partition coefficient (Wildman–Crippen LogP) is 2.15. The molecule has 0 aromatic heterocycles. The third-order valence-corrected chi connectivity index (χ3v) is 4.33. The van der Waals surface area contributed by atoms with Crippen molar-refractivity contribution < 1.29 is 4.79 Å². The molecule has 1 amide bonds. The summed E-state index contributed by atoms with van der Waals surface area (Å²) in [5.74, 6) is 2.19. The molecule has 0 spiro atoms. The third kappa shape index (κ3) is 2.57. The van der Waals surface area contributed by atoms with Crippen LogP contribution in [0.2, 0.25) is 0 Å². The Bertz CT molecular complexity index is 433. The van der Waals surface area contributed by atoms with Gasteiger partial charge in [0, 0.05) is 35.3 Å². The minimum Gasteiger partial charge on any atom is -0.399 e. The highest BCUT2D eigenvalue weighted by molar-refractivity contribution is 7.99. The van der Waals surface area contributed by atoms with Gasteiger partial charge in [0.25, 0.3) is 5.91 Å². The van der Waals surface area contributed by atoms with Crippen molar-refractivity contribution in [1.82, 2.24) is 4.90 Å². The monoisotopic (exact) mass is 250 g/mol. The molecule has 2 rings (SSSR count). The van der Waals surface area contributed by atoms with Crippen molar-refractivity contribution >= 4 is 23.4 Å². The second kappa shape index (κ2) is 5.00. The van der Waals surface area contributed by atoms with Crippen molar-refractivity contribution in [3.05, 3.63) is 29.3 Å². The summed E-state index contributed by atoms with van der Waals surface area (Å²) in [7, 11) is 0. The molecule has 1 heterocycles. The Labute approximate surface area is 106 Å². The van der Waals surface area contributed by atoms with E-state index in [1.165, 1.54) is 0 Å². The summed E-state index contributed by atoms with van der Waals surface area (Å²) in [5.41, 5.74) is 8.22. The lowest BCUT2D eigenvalue weighted by Crippen LogP contribution is -2.44. The first-order valence-corrected chi connectivity index (χ1v) is 7.00. The van der Waals surface area contributed by atoms with Gasteiger partial charge >= 0.3 is 0 Å². The number of carbonyl (C=O) groups excluding carboxylic acids is 1. The molecule has 0 saturated carbocycles. The van der Waals surface area contributed by atoms with Crippen molar-refractivity contribution in [1.29, 1.82) is 0 Å². The topological polar surface area (TPSA) is 46.3 Å². The van der Waals surface area contributed by atoms with Crippen LogP contribution in [0.15, 0.2) is 18.2 Å². The number of nitrogen functional groups attached to an aromatic ring is 1. The van der Waals surface area contributed by atoms with Crippen LogP contribution in [-0.2, 0) is 0 Å². The molecule has 1 atom stereocenters. The van der Waals surface area contributed by atoms with Crippen molar-refractivity contribution in [2.75, 3.05) is 23.8 Å². The molecule has 0 bridgehead atoms. The molecular formula is C13H18N2OS. The van der Waals surface area contributed by atoms with E-state index in [4.69, 9.17) is 5.73 Å². The van der Waals surface area contributed by atoms with Gasteiger partial charge in [-0.05, 0) is 37.6 Å². The maximum atomic E-state index is 12.3. The quantitative estimate of drug-likeness (QED) is 0.777. The molecule has 1 unspecified atom stereocenters. The van der Waals surface area contributed by atoms with E-state index in [9.17, 15) is 4.79 Å². The van der Waals surface area contributed by atoms with Gasteiger partial charge in [-0.25, -0.2) is 0 Å². The highest BCUT2D eigenvalue weighted by Crippen LogP contribution is 2.20. The van der Waals surface area contributed by atoms with E-state index in [0.717, 1.165) is 34.9 Å². The Morgan fingerprint density at radius 1 is 1.53 bits per heavy atom. The molecule has 1 saturated heterocycles. The van der Waals surface area contributed by atoms with Gasteiger partial charge in [-0.1, -0.05) is 0 Å². The van der Waals surface area contributed by atoms with Crippen molar-refractivity contribution in [3.8, 4) is 0 Å². The smallest absolute Gasteiger partial charge is 0.254 e. The largest absolute Gasteiger partial charge is 0.399 e. The Morgan fingerprint density at radius 2 is 2.29 bits per heavy atom. The van der Waals surface area contributed by atoms with Crippen molar-refractivity contribution in [2.24, 2.45) is 0 Å². The van der Waals surface area contributed by atoms with Crippen LogP contribution in [0.25, 0.3) is 0 Å². The summed E-state index contributed by atoms with van der Waals surface area (Å²) < 4.78 is 0. The number of hydrogen-bond acceptors (Lipinski definition) is 3. The van der Waals surface area contributed by atoms with E-state index in [1.807, 2.05) is 41.8 Å². The zero-order valence-electron chi connectivity index (χ0n) is 10.3. The average Bonchev–Trinajstić information content (AvgIpc) is 2.32. The third-order valence-electron chi connectivity index (χ3n) is 3.15.